The van der Waals surface area contributed by atoms with Gasteiger partial charge in [0.1, 0.15) is 0 Å². The highest BCUT2D eigenvalue weighted by molar-refractivity contribution is 5.77. The lowest BCUT2D eigenvalue weighted by molar-refractivity contribution is -0.123. The van der Waals surface area contributed by atoms with Crippen molar-refractivity contribution in [2.24, 2.45) is 11.7 Å². The van der Waals surface area contributed by atoms with E-state index in [0.717, 1.165) is 38.8 Å². The van der Waals surface area contributed by atoms with Crippen LogP contribution in [0.15, 0.2) is 30.4 Å². The summed E-state index contributed by atoms with van der Waals surface area (Å²) in [5.41, 5.74) is 10.1. The minimum atomic E-state index is -0.250. The lowest BCUT2D eigenvalue weighted by atomic mass is 9.87. The van der Waals surface area contributed by atoms with Crippen molar-refractivity contribution in [2.75, 3.05) is 18.0 Å². The van der Waals surface area contributed by atoms with Crippen molar-refractivity contribution in [3.63, 3.8) is 0 Å². The number of nitrogens with zero attached hydrogens (tertiary/aromatic N) is 1. The number of rotatable bonds is 4. The van der Waals surface area contributed by atoms with Crippen LogP contribution in [0.5, 0.6) is 0 Å². The second-order valence-corrected chi connectivity index (χ2v) is 7.90. The molecule has 1 aromatic carbocycles. The summed E-state index contributed by atoms with van der Waals surface area (Å²) in [7, 11) is 0. The van der Waals surface area contributed by atoms with E-state index in [1.54, 1.807) is 11.1 Å². The topological polar surface area (TPSA) is 95.7 Å². The largest absolute Gasteiger partial charge is 0.483 e. The Balaban J connectivity index is 0.000000706. The molecule has 1 saturated heterocycles. The van der Waals surface area contributed by atoms with Gasteiger partial charge in [0.25, 0.3) is 6.47 Å². The Bertz CT molecular complexity index is 711. The summed E-state index contributed by atoms with van der Waals surface area (Å²) in [6.45, 7) is 1.92. The minimum Gasteiger partial charge on any atom is -0.483 e. The van der Waals surface area contributed by atoms with Crippen LogP contribution in [-0.2, 0) is 22.4 Å². The fraction of sp³-hybridized carbons (Fsp3) is 0.545. The predicted molar refractivity (Wildman–Crippen MR) is 110 cm³/mol. The number of carbonyl (C=O) groups is 2. The molecule has 4 N–H and O–H groups in total. The number of hydrogen-bond acceptors (Lipinski definition) is 4. The molecule has 4 rings (SSSR count). The molecule has 0 spiro atoms. The van der Waals surface area contributed by atoms with Crippen molar-refractivity contribution in [1.82, 2.24) is 5.32 Å². The molecule has 2 atom stereocenters. The first-order chi connectivity index (χ1) is 13.6. The number of aryl methyl sites for hydroxylation is 2. The number of anilines is 1. The number of primary amides is 1. The first-order valence-corrected chi connectivity index (χ1v) is 10.3. The fourth-order valence-corrected chi connectivity index (χ4v) is 4.67. The molecule has 152 valence electrons. The molecule has 1 fully saturated rings. The minimum absolute atomic E-state index is 0.0558. The Hall–Kier alpha value is -2.34. The molecule has 0 unspecified atom stereocenters. The molecular formula is C22H31N3O3. The van der Waals surface area contributed by atoms with E-state index in [0.29, 0.717) is 6.04 Å². The van der Waals surface area contributed by atoms with Crippen LogP contribution in [0.3, 0.4) is 0 Å². The van der Waals surface area contributed by atoms with E-state index >= 15 is 0 Å². The number of piperidine rings is 1. The van der Waals surface area contributed by atoms with Gasteiger partial charge in [0.05, 0.1) is 5.92 Å². The Morgan fingerprint density at radius 2 is 1.82 bits per heavy atom. The Morgan fingerprint density at radius 3 is 2.54 bits per heavy atom. The van der Waals surface area contributed by atoms with E-state index in [2.05, 4.69) is 40.6 Å². The van der Waals surface area contributed by atoms with Gasteiger partial charge in [-0.2, -0.15) is 0 Å². The Morgan fingerprint density at radius 1 is 1.14 bits per heavy atom. The number of hydrogen-bond donors (Lipinski definition) is 3. The number of carboxylic acid groups (broad SMARTS) is 1. The molecule has 2 aliphatic carbocycles. The summed E-state index contributed by atoms with van der Waals surface area (Å²) in [6.07, 6.45) is 12.0. The van der Waals surface area contributed by atoms with Gasteiger partial charge in [-0.1, -0.05) is 18.2 Å². The molecule has 1 amide bonds. The maximum Gasteiger partial charge on any atom is 0.290 e. The summed E-state index contributed by atoms with van der Waals surface area (Å²) >= 11 is 0. The number of benzene rings is 1. The van der Waals surface area contributed by atoms with Gasteiger partial charge in [-0.05, 0) is 68.2 Å². The molecule has 1 aromatic rings. The average molecular weight is 386 g/mol. The van der Waals surface area contributed by atoms with Gasteiger partial charge in [0, 0.05) is 30.9 Å². The summed E-state index contributed by atoms with van der Waals surface area (Å²) in [4.78, 5) is 22.6. The van der Waals surface area contributed by atoms with Crippen LogP contribution in [0.1, 0.15) is 43.2 Å². The summed E-state index contributed by atoms with van der Waals surface area (Å²) < 4.78 is 0. The average Bonchev–Trinajstić information content (AvgIpc) is 3.17. The van der Waals surface area contributed by atoms with Crippen LogP contribution >= 0.6 is 0 Å². The number of nitrogens with one attached hydrogen (secondary N) is 1. The molecular weight excluding hydrogens is 354 g/mol. The lowest BCUT2D eigenvalue weighted by Crippen LogP contribution is -2.51. The third-order valence-corrected chi connectivity index (χ3v) is 6.19. The predicted octanol–water partition coefficient (Wildman–Crippen LogP) is 2.25. The number of nitrogens with two attached hydrogens (primary N) is 1. The smallest absolute Gasteiger partial charge is 0.290 e. The highest BCUT2D eigenvalue weighted by atomic mass is 16.3. The zero-order valence-corrected chi connectivity index (χ0v) is 16.3. The molecule has 0 radical (unpaired) electrons. The van der Waals surface area contributed by atoms with Crippen molar-refractivity contribution in [3.05, 3.63) is 41.5 Å². The third kappa shape index (κ3) is 4.93. The van der Waals surface area contributed by atoms with Crippen LogP contribution in [0.4, 0.5) is 5.69 Å². The van der Waals surface area contributed by atoms with Crippen molar-refractivity contribution in [1.29, 1.82) is 0 Å². The second-order valence-electron chi connectivity index (χ2n) is 7.90. The van der Waals surface area contributed by atoms with Gasteiger partial charge < -0.3 is 21.1 Å². The normalized spacial score (nSPS) is 24.2. The molecule has 28 heavy (non-hydrogen) atoms. The van der Waals surface area contributed by atoms with Crippen molar-refractivity contribution in [3.8, 4) is 0 Å². The Kier molecular flexibility index (Phi) is 7.09. The van der Waals surface area contributed by atoms with Gasteiger partial charge in [0.15, 0.2) is 0 Å². The molecule has 1 aliphatic heterocycles. The first-order valence-electron chi connectivity index (χ1n) is 10.3. The lowest BCUT2D eigenvalue weighted by Gasteiger charge is -2.37. The monoisotopic (exact) mass is 385 g/mol. The standard InChI is InChI=1S/C21H29N3O.CH2O2/c22-21(25)19-6-1-2-7-20(19)23-17-10-12-24(13-11-17)18-9-8-15-4-3-5-16(15)14-18;2-1-3/h1-2,8-9,14,17,19-20,23H,3-7,10-13H2,(H2,22,25);1H,(H,2,3)/t19-,20-;/m1./s1. The number of carbonyl (C=O) groups excluding carboxylic acids is 1. The van der Waals surface area contributed by atoms with Crippen LogP contribution in [0.25, 0.3) is 0 Å². The van der Waals surface area contributed by atoms with E-state index in [4.69, 9.17) is 15.6 Å². The van der Waals surface area contributed by atoms with Gasteiger partial charge in [-0.15, -0.1) is 0 Å². The molecule has 6 heteroatoms. The van der Waals surface area contributed by atoms with Gasteiger partial charge >= 0.3 is 0 Å². The first kappa shape index (κ1) is 20.4. The van der Waals surface area contributed by atoms with E-state index in [1.807, 2.05) is 0 Å². The van der Waals surface area contributed by atoms with E-state index in [1.165, 1.54) is 24.9 Å². The summed E-state index contributed by atoms with van der Waals surface area (Å²) in [6, 6.07) is 7.73. The maximum atomic E-state index is 11.7. The van der Waals surface area contributed by atoms with Crippen LogP contribution < -0.4 is 16.0 Å². The van der Waals surface area contributed by atoms with E-state index in [-0.39, 0.29) is 24.3 Å². The van der Waals surface area contributed by atoms with Crippen LogP contribution in [-0.4, -0.2) is 42.7 Å². The molecule has 0 bridgehead atoms. The fourth-order valence-electron chi connectivity index (χ4n) is 4.67. The van der Waals surface area contributed by atoms with Gasteiger partial charge in [-0.25, -0.2) is 0 Å². The quantitative estimate of drug-likeness (QED) is 0.546. The highest BCUT2D eigenvalue weighted by Gasteiger charge is 2.30. The number of amides is 1. The molecule has 3 aliphatic rings. The second kappa shape index (κ2) is 9.73. The SMILES string of the molecule is NC(=O)[C@@H]1CC=CC[C@H]1NC1CCN(c2ccc3c(c2)CCC3)CC1.O=CO. The number of allylic oxidation sites excluding steroid dienone is 1. The maximum absolute atomic E-state index is 11.7. The third-order valence-electron chi connectivity index (χ3n) is 6.19. The molecule has 1 heterocycles. The summed E-state index contributed by atoms with van der Waals surface area (Å²) in [5, 5.41) is 10.6. The highest BCUT2D eigenvalue weighted by Crippen LogP contribution is 2.29. The van der Waals surface area contributed by atoms with Gasteiger partial charge in [-0.3, -0.25) is 9.59 Å². The zero-order chi connectivity index (χ0) is 19.9. The van der Waals surface area contributed by atoms with Crippen LogP contribution in [0.2, 0.25) is 0 Å². The molecule has 6 nitrogen and oxygen atoms in total. The van der Waals surface area contributed by atoms with Gasteiger partial charge in [0.2, 0.25) is 5.91 Å². The number of fused-ring (bicyclic) bond motifs is 1. The van der Waals surface area contributed by atoms with E-state index < -0.39 is 0 Å². The van der Waals surface area contributed by atoms with Crippen molar-refractivity contribution < 1.29 is 14.7 Å². The molecule has 0 aromatic heterocycles. The summed E-state index contributed by atoms with van der Waals surface area (Å²) in [5.74, 6) is -0.225. The van der Waals surface area contributed by atoms with Crippen molar-refractivity contribution >= 4 is 18.1 Å². The zero-order valence-electron chi connectivity index (χ0n) is 16.3. The van der Waals surface area contributed by atoms with E-state index in [9.17, 15) is 4.79 Å². The molecule has 0 saturated carbocycles. The van der Waals surface area contributed by atoms with Crippen molar-refractivity contribution in [2.45, 2.75) is 57.0 Å². The Labute approximate surface area is 166 Å². The van der Waals surface area contributed by atoms with Crippen LogP contribution in [0, 0.1) is 5.92 Å².